The van der Waals surface area contributed by atoms with Gasteiger partial charge in [0.25, 0.3) is 5.91 Å². The van der Waals surface area contributed by atoms with Crippen LogP contribution in [-0.2, 0) is 14.3 Å². The van der Waals surface area contributed by atoms with Gasteiger partial charge in [0.15, 0.2) is 6.10 Å². The first-order valence-electron chi connectivity index (χ1n) is 8.23. The van der Waals surface area contributed by atoms with Crippen LogP contribution >= 0.6 is 0 Å². The van der Waals surface area contributed by atoms with Gasteiger partial charge < -0.3 is 15.4 Å². The van der Waals surface area contributed by atoms with Crippen LogP contribution in [0.15, 0.2) is 42.5 Å². The summed E-state index contributed by atoms with van der Waals surface area (Å²) in [5, 5.41) is 5.41. The molecule has 2 aromatic rings. The van der Waals surface area contributed by atoms with Gasteiger partial charge in [-0.15, -0.1) is 0 Å². The summed E-state index contributed by atoms with van der Waals surface area (Å²) < 4.78 is 5.23. The number of aryl methyl sites for hydroxylation is 2. The number of anilines is 2. The van der Waals surface area contributed by atoms with Crippen LogP contribution in [0.5, 0.6) is 0 Å². The molecule has 2 aromatic carbocycles. The van der Waals surface area contributed by atoms with Crippen molar-refractivity contribution < 1.29 is 19.1 Å². The molecule has 0 bridgehead atoms. The summed E-state index contributed by atoms with van der Waals surface area (Å²) in [5.41, 5.74) is 3.47. The van der Waals surface area contributed by atoms with Crippen molar-refractivity contribution in [1.82, 2.24) is 0 Å². The van der Waals surface area contributed by atoms with E-state index in [9.17, 15) is 14.4 Å². The third kappa shape index (κ3) is 4.92. The monoisotopic (exact) mass is 354 g/mol. The maximum atomic E-state index is 12.3. The Hall–Kier alpha value is -3.15. The Morgan fingerprint density at radius 1 is 0.923 bits per heavy atom. The van der Waals surface area contributed by atoms with Gasteiger partial charge in [0, 0.05) is 18.3 Å². The van der Waals surface area contributed by atoms with E-state index in [-0.39, 0.29) is 5.91 Å². The third-order valence-corrected chi connectivity index (χ3v) is 3.82. The highest BCUT2D eigenvalue weighted by Crippen LogP contribution is 2.20. The molecule has 0 saturated heterocycles. The molecule has 2 amide bonds. The van der Waals surface area contributed by atoms with Crippen molar-refractivity contribution in [2.75, 3.05) is 10.6 Å². The van der Waals surface area contributed by atoms with Crippen LogP contribution in [0, 0.1) is 13.8 Å². The van der Waals surface area contributed by atoms with Crippen molar-refractivity contribution in [3.63, 3.8) is 0 Å². The molecule has 2 N–H and O–H groups in total. The van der Waals surface area contributed by atoms with Gasteiger partial charge in [-0.1, -0.05) is 18.2 Å². The molecular formula is C20H22N2O4. The first-order valence-corrected chi connectivity index (χ1v) is 8.23. The standard InChI is InChI=1S/C20H22N2O4/c1-12-6-5-7-13(2)18(12)22-19(24)14(3)26-20(25)16-8-10-17(11-9-16)21-15(4)23/h5-11,14H,1-4H3,(H,21,23)(H,22,24). The maximum absolute atomic E-state index is 12.3. The Balaban J connectivity index is 1.99. The summed E-state index contributed by atoms with van der Waals surface area (Å²) in [5.74, 6) is -1.20. The van der Waals surface area contributed by atoms with Crippen molar-refractivity contribution in [1.29, 1.82) is 0 Å². The lowest BCUT2D eigenvalue weighted by atomic mass is 10.1. The highest BCUT2D eigenvalue weighted by Gasteiger charge is 2.20. The van der Waals surface area contributed by atoms with E-state index < -0.39 is 18.0 Å². The molecule has 26 heavy (non-hydrogen) atoms. The molecule has 0 radical (unpaired) electrons. The van der Waals surface area contributed by atoms with Crippen molar-refractivity contribution in [2.45, 2.75) is 33.8 Å². The summed E-state index contributed by atoms with van der Waals surface area (Å²) in [4.78, 5) is 35.5. The normalized spacial score (nSPS) is 11.4. The summed E-state index contributed by atoms with van der Waals surface area (Å²) in [7, 11) is 0. The molecule has 0 saturated carbocycles. The molecule has 1 atom stereocenters. The lowest BCUT2D eigenvalue weighted by molar-refractivity contribution is -0.123. The number of amides is 2. The number of rotatable bonds is 5. The van der Waals surface area contributed by atoms with Gasteiger partial charge in [0.1, 0.15) is 0 Å². The third-order valence-electron chi connectivity index (χ3n) is 3.82. The number of para-hydroxylation sites is 1. The molecule has 0 aliphatic rings. The number of hydrogen-bond donors (Lipinski definition) is 2. The van der Waals surface area contributed by atoms with Gasteiger partial charge in [-0.25, -0.2) is 4.79 Å². The van der Waals surface area contributed by atoms with E-state index in [1.54, 1.807) is 12.1 Å². The highest BCUT2D eigenvalue weighted by atomic mass is 16.5. The molecule has 6 nitrogen and oxygen atoms in total. The molecule has 1 unspecified atom stereocenters. The average molecular weight is 354 g/mol. The molecule has 0 heterocycles. The molecule has 0 fully saturated rings. The van der Waals surface area contributed by atoms with E-state index in [0.717, 1.165) is 16.8 Å². The Kier molecular flexibility index (Phi) is 6.11. The second kappa shape index (κ2) is 8.29. The second-order valence-electron chi connectivity index (χ2n) is 6.06. The second-order valence-corrected chi connectivity index (χ2v) is 6.06. The lowest BCUT2D eigenvalue weighted by Gasteiger charge is -2.16. The number of carbonyl (C=O) groups is 3. The van der Waals surface area contributed by atoms with Crippen LogP contribution in [0.2, 0.25) is 0 Å². The topological polar surface area (TPSA) is 84.5 Å². The zero-order valence-electron chi connectivity index (χ0n) is 15.3. The predicted octanol–water partition coefficient (Wildman–Crippen LogP) is 3.45. The number of benzene rings is 2. The fraction of sp³-hybridized carbons (Fsp3) is 0.250. The lowest BCUT2D eigenvalue weighted by Crippen LogP contribution is -2.30. The number of nitrogens with one attached hydrogen (secondary N) is 2. The first kappa shape index (κ1) is 19.2. The number of hydrogen-bond acceptors (Lipinski definition) is 4. The van der Waals surface area contributed by atoms with Gasteiger partial charge in [-0.2, -0.15) is 0 Å². The fourth-order valence-electron chi connectivity index (χ4n) is 2.41. The Morgan fingerprint density at radius 3 is 2.04 bits per heavy atom. The molecule has 0 aliphatic carbocycles. The largest absolute Gasteiger partial charge is 0.449 e. The van der Waals surface area contributed by atoms with Crippen molar-refractivity contribution in [3.8, 4) is 0 Å². The molecule has 0 aromatic heterocycles. The zero-order valence-corrected chi connectivity index (χ0v) is 15.3. The Labute approximate surface area is 152 Å². The average Bonchev–Trinajstić information content (AvgIpc) is 2.58. The van der Waals surface area contributed by atoms with E-state index in [1.807, 2.05) is 32.0 Å². The molecule has 2 rings (SSSR count). The van der Waals surface area contributed by atoms with Crippen molar-refractivity contribution in [3.05, 3.63) is 59.2 Å². The smallest absolute Gasteiger partial charge is 0.338 e. The zero-order chi connectivity index (χ0) is 19.3. The van der Waals surface area contributed by atoms with Gasteiger partial charge in [-0.05, 0) is 56.2 Å². The van der Waals surface area contributed by atoms with Gasteiger partial charge in [0.2, 0.25) is 5.91 Å². The van der Waals surface area contributed by atoms with E-state index in [0.29, 0.717) is 11.3 Å². The fourth-order valence-corrected chi connectivity index (χ4v) is 2.41. The van der Waals surface area contributed by atoms with Crippen LogP contribution in [0.4, 0.5) is 11.4 Å². The summed E-state index contributed by atoms with van der Waals surface area (Å²) in [6.45, 7) is 6.72. The molecule has 0 aliphatic heterocycles. The van der Waals surface area contributed by atoms with Gasteiger partial charge in [0.05, 0.1) is 5.56 Å². The minimum atomic E-state index is -0.948. The van der Waals surface area contributed by atoms with Crippen molar-refractivity contribution >= 4 is 29.2 Å². The molecule has 136 valence electrons. The Bertz CT molecular complexity index is 808. The van der Waals surface area contributed by atoms with E-state index in [4.69, 9.17) is 4.74 Å². The van der Waals surface area contributed by atoms with Crippen LogP contribution < -0.4 is 10.6 Å². The minimum absolute atomic E-state index is 0.197. The predicted molar refractivity (Wildman–Crippen MR) is 100 cm³/mol. The summed E-state index contributed by atoms with van der Waals surface area (Å²) >= 11 is 0. The van der Waals surface area contributed by atoms with Crippen LogP contribution in [0.1, 0.15) is 35.3 Å². The first-order chi connectivity index (χ1) is 12.3. The molecule has 6 heteroatoms. The van der Waals surface area contributed by atoms with E-state index in [2.05, 4.69) is 10.6 Å². The SMILES string of the molecule is CC(=O)Nc1ccc(C(=O)OC(C)C(=O)Nc2c(C)cccc2C)cc1. The van der Waals surface area contributed by atoms with E-state index in [1.165, 1.54) is 26.0 Å². The van der Waals surface area contributed by atoms with Crippen LogP contribution in [0.25, 0.3) is 0 Å². The van der Waals surface area contributed by atoms with Gasteiger partial charge in [-0.3, -0.25) is 9.59 Å². The summed E-state index contributed by atoms with van der Waals surface area (Å²) in [6, 6.07) is 12.0. The number of esters is 1. The number of ether oxygens (including phenoxy) is 1. The van der Waals surface area contributed by atoms with E-state index >= 15 is 0 Å². The van der Waals surface area contributed by atoms with Crippen molar-refractivity contribution in [2.24, 2.45) is 0 Å². The summed E-state index contributed by atoms with van der Waals surface area (Å²) in [6.07, 6.45) is -0.948. The molecular weight excluding hydrogens is 332 g/mol. The maximum Gasteiger partial charge on any atom is 0.338 e. The van der Waals surface area contributed by atoms with Crippen LogP contribution in [0.3, 0.4) is 0 Å². The Morgan fingerprint density at radius 2 is 1.50 bits per heavy atom. The van der Waals surface area contributed by atoms with Gasteiger partial charge >= 0.3 is 5.97 Å². The van der Waals surface area contributed by atoms with Crippen LogP contribution in [-0.4, -0.2) is 23.9 Å². The molecule has 0 spiro atoms. The highest BCUT2D eigenvalue weighted by molar-refractivity contribution is 5.98. The number of carbonyl (C=O) groups excluding carboxylic acids is 3. The minimum Gasteiger partial charge on any atom is -0.449 e. The quantitative estimate of drug-likeness (QED) is 0.806.